The van der Waals surface area contributed by atoms with Crippen LogP contribution in [0.25, 0.3) is 5.69 Å². The van der Waals surface area contributed by atoms with Gasteiger partial charge in [0.25, 0.3) is 0 Å². The minimum absolute atomic E-state index is 0.105. The number of anilines is 1. The average Bonchev–Trinajstić information content (AvgIpc) is 3.40. The molecule has 5 rings (SSSR count). The molecule has 4 nitrogen and oxygen atoms in total. The largest absolute Gasteiger partial charge is 0.351 e. The van der Waals surface area contributed by atoms with Gasteiger partial charge in [-0.1, -0.05) is 39.7 Å². The van der Waals surface area contributed by atoms with Crippen molar-refractivity contribution in [2.75, 3.05) is 4.90 Å². The van der Waals surface area contributed by atoms with Gasteiger partial charge in [-0.2, -0.15) is 0 Å². The minimum atomic E-state index is -0.111. The number of hydrogen-bond acceptors (Lipinski definition) is 2. The van der Waals surface area contributed by atoms with Gasteiger partial charge in [0.15, 0.2) is 5.11 Å². The van der Waals surface area contributed by atoms with E-state index in [0.717, 1.165) is 32.8 Å². The number of halogens is 2. The van der Waals surface area contributed by atoms with E-state index in [9.17, 15) is 0 Å². The standard InChI is InChI=1S/C25H20BrClN4S/c1-16-14-19(10-11-20(16)26)31-24(23(29-25(31)32)21-8-2-3-12-28-21)22-9-5-13-30(22)18-7-4-6-17(27)15-18/h2-15,23-24H,1H3,(H,29,32)/t23-,24-/m1/s1. The number of aryl methyl sites for hydroxylation is 1. The van der Waals surface area contributed by atoms with Gasteiger partial charge in [0.05, 0.1) is 11.7 Å². The fraction of sp³-hybridized carbons (Fsp3) is 0.120. The molecule has 0 spiro atoms. The molecule has 0 amide bonds. The maximum atomic E-state index is 6.31. The van der Waals surface area contributed by atoms with Crippen molar-refractivity contribution in [1.29, 1.82) is 0 Å². The Labute approximate surface area is 206 Å². The molecular weight excluding hydrogens is 504 g/mol. The third kappa shape index (κ3) is 3.83. The number of hydrogen-bond donors (Lipinski definition) is 1. The zero-order valence-electron chi connectivity index (χ0n) is 17.2. The topological polar surface area (TPSA) is 33.1 Å². The van der Waals surface area contributed by atoms with E-state index >= 15 is 0 Å². The zero-order chi connectivity index (χ0) is 22.2. The van der Waals surface area contributed by atoms with Gasteiger partial charge in [0.1, 0.15) is 6.04 Å². The molecule has 2 atom stereocenters. The van der Waals surface area contributed by atoms with Crippen molar-refractivity contribution in [3.05, 3.63) is 112 Å². The lowest BCUT2D eigenvalue weighted by Gasteiger charge is -2.29. The summed E-state index contributed by atoms with van der Waals surface area (Å²) in [6.45, 7) is 2.08. The number of pyridine rings is 1. The van der Waals surface area contributed by atoms with Crippen molar-refractivity contribution in [1.82, 2.24) is 14.9 Å². The van der Waals surface area contributed by atoms with Crippen molar-refractivity contribution < 1.29 is 0 Å². The molecule has 2 aromatic carbocycles. The SMILES string of the molecule is Cc1cc(N2C(=S)N[C@H](c3ccccn3)[C@H]2c2cccn2-c2cccc(Cl)c2)ccc1Br. The summed E-state index contributed by atoms with van der Waals surface area (Å²) < 4.78 is 3.24. The van der Waals surface area contributed by atoms with Crippen LogP contribution >= 0.6 is 39.7 Å². The molecule has 1 aliphatic rings. The second kappa shape index (κ2) is 8.70. The lowest BCUT2D eigenvalue weighted by Crippen LogP contribution is -2.30. The minimum Gasteiger partial charge on any atom is -0.351 e. The lowest BCUT2D eigenvalue weighted by molar-refractivity contribution is 0.549. The highest BCUT2D eigenvalue weighted by molar-refractivity contribution is 9.10. The smallest absolute Gasteiger partial charge is 0.174 e. The Balaban J connectivity index is 1.68. The van der Waals surface area contributed by atoms with Gasteiger partial charge in [-0.3, -0.25) is 4.98 Å². The van der Waals surface area contributed by atoms with Crippen LogP contribution in [0.15, 0.2) is 89.7 Å². The Morgan fingerprint density at radius 2 is 1.88 bits per heavy atom. The summed E-state index contributed by atoms with van der Waals surface area (Å²) in [7, 11) is 0. The Morgan fingerprint density at radius 1 is 1.00 bits per heavy atom. The molecule has 0 unspecified atom stereocenters. The van der Waals surface area contributed by atoms with Crippen LogP contribution in [-0.4, -0.2) is 14.7 Å². The van der Waals surface area contributed by atoms with Crippen molar-refractivity contribution in [2.24, 2.45) is 0 Å². The quantitative estimate of drug-likeness (QED) is 0.299. The highest BCUT2D eigenvalue weighted by Crippen LogP contribution is 2.42. The summed E-state index contributed by atoms with van der Waals surface area (Å²) in [5.74, 6) is 0. The first-order valence-corrected chi connectivity index (χ1v) is 11.8. The van der Waals surface area contributed by atoms with Crippen molar-refractivity contribution in [3.8, 4) is 5.69 Å². The molecule has 1 aliphatic heterocycles. The normalized spacial score (nSPS) is 18.1. The molecule has 0 bridgehead atoms. The van der Waals surface area contributed by atoms with Crippen molar-refractivity contribution in [2.45, 2.75) is 19.0 Å². The van der Waals surface area contributed by atoms with Gasteiger partial charge in [-0.25, -0.2) is 0 Å². The van der Waals surface area contributed by atoms with Gasteiger partial charge >= 0.3 is 0 Å². The predicted octanol–water partition coefficient (Wildman–Crippen LogP) is 6.77. The molecule has 0 saturated carbocycles. The summed E-state index contributed by atoms with van der Waals surface area (Å²) in [6.07, 6.45) is 3.88. The Bertz CT molecular complexity index is 1290. The van der Waals surface area contributed by atoms with Crippen LogP contribution in [-0.2, 0) is 0 Å². The third-order valence-electron chi connectivity index (χ3n) is 5.69. The van der Waals surface area contributed by atoms with Crippen LogP contribution in [0.2, 0.25) is 5.02 Å². The third-order valence-corrected chi connectivity index (χ3v) is 7.13. The maximum Gasteiger partial charge on any atom is 0.174 e. The van der Waals surface area contributed by atoms with Gasteiger partial charge in [-0.05, 0) is 85.4 Å². The summed E-state index contributed by atoms with van der Waals surface area (Å²) in [5.41, 5.74) is 5.22. The number of nitrogens with one attached hydrogen (secondary N) is 1. The molecular formula is C25H20BrClN4S. The Morgan fingerprint density at radius 3 is 2.62 bits per heavy atom. The van der Waals surface area contributed by atoms with Crippen LogP contribution < -0.4 is 10.2 Å². The van der Waals surface area contributed by atoms with Gasteiger partial charge in [-0.15, -0.1) is 0 Å². The van der Waals surface area contributed by atoms with Crippen LogP contribution in [0.3, 0.4) is 0 Å². The first kappa shape index (κ1) is 21.2. The van der Waals surface area contributed by atoms with Crippen molar-refractivity contribution >= 4 is 50.5 Å². The second-order valence-electron chi connectivity index (χ2n) is 7.71. The van der Waals surface area contributed by atoms with E-state index in [0.29, 0.717) is 10.1 Å². The van der Waals surface area contributed by atoms with Crippen LogP contribution in [0.1, 0.15) is 29.0 Å². The molecule has 1 N–H and O–H groups in total. The van der Waals surface area contributed by atoms with E-state index in [1.807, 2.05) is 42.6 Å². The monoisotopic (exact) mass is 522 g/mol. The Hall–Kier alpha value is -2.67. The molecule has 1 fully saturated rings. The predicted molar refractivity (Wildman–Crippen MR) is 138 cm³/mol. The lowest BCUT2D eigenvalue weighted by atomic mass is 10.0. The zero-order valence-corrected chi connectivity index (χ0v) is 20.4. The van der Waals surface area contributed by atoms with Crippen LogP contribution in [0, 0.1) is 6.92 Å². The molecule has 3 heterocycles. The van der Waals surface area contributed by atoms with E-state index in [2.05, 4.69) is 85.2 Å². The average molecular weight is 524 g/mol. The molecule has 4 aromatic rings. The van der Waals surface area contributed by atoms with Gasteiger partial charge in [0.2, 0.25) is 0 Å². The van der Waals surface area contributed by atoms with Crippen LogP contribution in [0.5, 0.6) is 0 Å². The first-order valence-electron chi connectivity index (χ1n) is 10.2. The summed E-state index contributed by atoms with van der Waals surface area (Å²) in [5, 5.41) is 4.90. The molecule has 0 aliphatic carbocycles. The number of benzene rings is 2. The van der Waals surface area contributed by atoms with Gasteiger partial charge < -0.3 is 14.8 Å². The maximum absolute atomic E-state index is 6.31. The molecule has 0 radical (unpaired) electrons. The second-order valence-corrected chi connectivity index (χ2v) is 9.39. The highest BCUT2D eigenvalue weighted by atomic mass is 79.9. The molecule has 32 heavy (non-hydrogen) atoms. The molecule has 160 valence electrons. The summed E-state index contributed by atoms with van der Waals surface area (Å²) in [6, 6.07) is 24.1. The summed E-state index contributed by atoms with van der Waals surface area (Å²) in [4.78, 5) is 6.83. The van der Waals surface area contributed by atoms with Crippen molar-refractivity contribution in [3.63, 3.8) is 0 Å². The Kier molecular flexibility index (Phi) is 5.76. The van der Waals surface area contributed by atoms with E-state index in [-0.39, 0.29) is 12.1 Å². The fourth-order valence-corrected chi connectivity index (χ4v) is 4.99. The molecule has 7 heteroatoms. The number of rotatable bonds is 4. The highest BCUT2D eigenvalue weighted by Gasteiger charge is 2.42. The number of thiocarbonyl (C=S) groups is 1. The van der Waals surface area contributed by atoms with E-state index in [4.69, 9.17) is 23.8 Å². The van der Waals surface area contributed by atoms with Gasteiger partial charge in [0, 0.05) is 39.0 Å². The fourth-order valence-electron chi connectivity index (χ4n) is 4.21. The van der Waals surface area contributed by atoms with E-state index in [1.54, 1.807) is 0 Å². The molecule has 2 aromatic heterocycles. The summed E-state index contributed by atoms with van der Waals surface area (Å²) >= 11 is 15.8. The number of aromatic nitrogens is 2. The number of nitrogens with zero attached hydrogens (tertiary/aromatic N) is 3. The van der Waals surface area contributed by atoms with Crippen LogP contribution in [0.4, 0.5) is 5.69 Å². The first-order chi connectivity index (χ1) is 15.5. The molecule has 1 saturated heterocycles. The van der Waals surface area contributed by atoms with E-state index in [1.165, 1.54) is 0 Å². The van der Waals surface area contributed by atoms with E-state index < -0.39 is 0 Å².